The highest BCUT2D eigenvalue weighted by atomic mass is 19.1. The molecule has 2 N–H and O–H groups in total. The van der Waals surface area contributed by atoms with Crippen molar-refractivity contribution in [3.63, 3.8) is 0 Å². The van der Waals surface area contributed by atoms with Gasteiger partial charge in [-0.15, -0.1) is 0 Å². The second kappa shape index (κ2) is 8.05. The average Bonchev–Trinajstić information content (AvgIpc) is 3.18. The molecule has 0 fully saturated rings. The molecule has 1 amide bonds. The molecule has 0 spiro atoms. The highest BCUT2D eigenvalue weighted by Crippen LogP contribution is 2.17. The van der Waals surface area contributed by atoms with Gasteiger partial charge in [0.05, 0.1) is 17.4 Å². The van der Waals surface area contributed by atoms with Crippen LogP contribution in [0.5, 0.6) is 0 Å². The third-order valence-corrected chi connectivity index (χ3v) is 4.51. The molecule has 0 saturated carbocycles. The molecule has 2 aromatic carbocycles. The van der Waals surface area contributed by atoms with Crippen LogP contribution in [-0.2, 0) is 11.3 Å². The van der Waals surface area contributed by atoms with Gasteiger partial charge in [0.15, 0.2) is 0 Å². The summed E-state index contributed by atoms with van der Waals surface area (Å²) in [4.78, 5) is 24.3. The van der Waals surface area contributed by atoms with Crippen molar-refractivity contribution in [1.29, 1.82) is 0 Å². The molecular weight excluding hydrogens is 373 g/mol. The van der Waals surface area contributed by atoms with E-state index < -0.39 is 0 Å². The number of rotatable bonds is 6. The maximum absolute atomic E-state index is 13.1. The van der Waals surface area contributed by atoms with Crippen LogP contribution >= 0.6 is 0 Å². The molecule has 0 atom stereocenters. The standard InChI is InChI=1S/C21H18FN5O2/c22-16-6-3-14(4-7-16)18-9-10-21(29)27(26-18)11-1-2-20(28)24-17-8-5-15-13-23-25-19(15)12-17/h3-10,12-13H,1-2,11H2,(H,23,25)(H,24,28). The molecule has 2 heterocycles. The summed E-state index contributed by atoms with van der Waals surface area (Å²) in [5.74, 6) is -0.480. The quantitative estimate of drug-likeness (QED) is 0.527. The lowest BCUT2D eigenvalue weighted by molar-refractivity contribution is -0.116. The smallest absolute Gasteiger partial charge is 0.266 e. The van der Waals surface area contributed by atoms with E-state index in [0.29, 0.717) is 29.9 Å². The lowest BCUT2D eigenvalue weighted by Gasteiger charge is -2.08. The van der Waals surface area contributed by atoms with Gasteiger partial charge in [0.25, 0.3) is 5.56 Å². The SMILES string of the molecule is O=C(CCCn1nc(-c2ccc(F)cc2)ccc1=O)Nc1ccc2cn[nH]c2c1. The normalized spacial score (nSPS) is 10.9. The molecule has 29 heavy (non-hydrogen) atoms. The molecule has 0 bridgehead atoms. The van der Waals surface area contributed by atoms with Gasteiger partial charge >= 0.3 is 0 Å². The largest absolute Gasteiger partial charge is 0.326 e. The van der Waals surface area contributed by atoms with Crippen molar-refractivity contribution in [2.45, 2.75) is 19.4 Å². The Balaban J connectivity index is 1.37. The van der Waals surface area contributed by atoms with Gasteiger partial charge in [-0.3, -0.25) is 14.7 Å². The predicted octanol–water partition coefficient (Wildman–Crippen LogP) is 3.34. The van der Waals surface area contributed by atoms with Crippen molar-refractivity contribution < 1.29 is 9.18 Å². The number of nitrogens with one attached hydrogen (secondary N) is 2. The minimum Gasteiger partial charge on any atom is -0.326 e. The van der Waals surface area contributed by atoms with E-state index in [1.54, 1.807) is 24.4 Å². The van der Waals surface area contributed by atoms with Gasteiger partial charge in [-0.05, 0) is 55.0 Å². The molecule has 8 heteroatoms. The van der Waals surface area contributed by atoms with Crippen molar-refractivity contribution in [3.05, 3.63) is 77.0 Å². The molecule has 0 unspecified atom stereocenters. The fourth-order valence-corrected chi connectivity index (χ4v) is 3.01. The molecule has 0 aliphatic heterocycles. The number of aromatic nitrogens is 4. The Morgan fingerprint density at radius 1 is 1.10 bits per heavy atom. The zero-order valence-electron chi connectivity index (χ0n) is 15.4. The van der Waals surface area contributed by atoms with Crippen LogP contribution in [0.2, 0.25) is 0 Å². The Kier molecular flexibility index (Phi) is 5.15. The third-order valence-electron chi connectivity index (χ3n) is 4.51. The number of aromatic amines is 1. The number of hydrogen-bond donors (Lipinski definition) is 2. The van der Waals surface area contributed by atoms with Crippen LogP contribution in [-0.4, -0.2) is 25.9 Å². The summed E-state index contributed by atoms with van der Waals surface area (Å²) in [6, 6.07) is 14.4. The average molecular weight is 391 g/mol. The van der Waals surface area contributed by atoms with Crippen LogP contribution in [0.3, 0.4) is 0 Å². The summed E-state index contributed by atoms with van der Waals surface area (Å²) < 4.78 is 14.4. The summed E-state index contributed by atoms with van der Waals surface area (Å²) in [6.45, 7) is 0.306. The zero-order valence-corrected chi connectivity index (χ0v) is 15.4. The van der Waals surface area contributed by atoms with Crippen molar-refractivity contribution in [3.8, 4) is 11.3 Å². The summed E-state index contributed by atoms with van der Waals surface area (Å²) in [7, 11) is 0. The van der Waals surface area contributed by atoms with Gasteiger partial charge in [0.2, 0.25) is 5.91 Å². The van der Waals surface area contributed by atoms with Gasteiger partial charge in [-0.2, -0.15) is 10.2 Å². The number of benzene rings is 2. The minimum atomic E-state index is -0.334. The van der Waals surface area contributed by atoms with Gasteiger partial charge in [0, 0.05) is 35.7 Å². The summed E-state index contributed by atoms with van der Waals surface area (Å²) in [5.41, 5.74) is 2.56. The van der Waals surface area contributed by atoms with Crippen LogP contribution < -0.4 is 10.9 Å². The molecule has 0 radical (unpaired) electrons. The number of halogens is 1. The maximum Gasteiger partial charge on any atom is 0.266 e. The zero-order chi connectivity index (χ0) is 20.2. The number of H-pyrrole nitrogens is 1. The molecule has 4 rings (SSSR count). The van der Waals surface area contributed by atoms with Crippen LogP contribution in [0, 0.1) is 5.82 Å². The first-order valence-electron chi connectivity index (χ1n) is 9.15. The maximum atomic E-state index is 13.1. The summed E-state index contributed by atoms with van der Waals surface area (Å²) >= 11 is 0. The fourth-order valence-electron chi connectivity index (χ4n) is 3.01. The molecule has 4 aromatic rings. The van der Waals surface area contributed by atoms with E-state index in [2.05, 4.69) is 20.6 Å². The molecule has 7 nitrogen and oxygen atoms in total. The van der Waals surface area contributed by atoms with Crippen molar-refractivity contribution >= 4 is 22.5 Å². The number of fused-ring (bicyclic) bond motifs is 1. The van der Waals surface area contributed by atoms with Crippen molar-refractivity contribution in [2.24, 2.45) is 0 Å². The van der Waals surface area contributed by atoms with Crippen molar-refractivity contribution in [1.82, 2.24) is 20.0 Å². The first kappa shape index (κ1) is 18.5. The number of carbonyl (C=O) groups is 1. The van der Waals surface area contributed by atoms with Crippen LogP contribution in [0.25, 0.3) is 22.2 Å². The summed E-state index contributed by atoms with van der Waals surface area (Å²) in [6.07, 6.45) is 2.42. The number of amides is 1. The van der Waals surface area contributed by atoms with Crippen molar-refractivity contribution in [2.75, 3.05) is 5.32 Å². The molecule has 0 aliphatic carbocycles. The highest BCUT2D eigenvalue weighted by molar-refractivity contribution is 5.93. The number of aryl methyl sites for hydroxylation is 1. The third kappa shape index (κ3) is 4.37. The summed E-state index contributed by atoms with van der Waals surface area (Å²) in [5, 5.41) is 14.9. The lowest BCUT2D eigenvalue weighted by atomic mass is 10.1. The first-order valence-corrected chi connectivity index (χ1v) is 9.15. The molecule has 0 aliphatic rings. The Hall–Kier alpha value is -3.81. The van der Waals surface area contributed by atoms with Crippen LogP contribution in [0.15, 0.2) is 65.6 Å². The topological polar surface area (TPSA) is 92.7 Å². The second-order valence-electron chi connectivity index (χ2n) is 6.61. The number of hydrogen-bond acceptors (Lipinski definition) is 4. The lowest BCUT2D eigenvalue weighted by Crippen LogP contribution is -2.23. The van der Waals surface area contributed by atoms with Gasteiger partial charge in [-0.1, -0.05) is 0 Å². The van der Waals surface area contributed by atoms with E-state index in [4.69, 9.17) is 0 Å². The molecule has 0 saturated heterocycles. The Bertz CT molecular complexity index is 1210. The number of nitrogens with zero attached hydrogens (tertiary/aromatic N) is 3. The molecular formula is C21H18FN5O2. The van der Waals surface area contributed by atoms with Crippen LogP contribution in [0.4, 0.5) is 10.1 Å². The fraction of sp³-hybridized carbons (Fsp3) is 0.143. The van der Waals surface area contributed by atoms with Crippen LogP contribution in [0.1, 0.15) is 12.8 Å². The monoisotopic (exact) mass is 391 g/mol. The number of carbonyl (C=O) groups excluding carboxylic acids is 1. The van der Waals surface area contributed by atoms with E-state index in [0.717, 1.165) is 10.9 Å². The first-order chi connectivity index (χ1) is 14.1. The van der Waals surface area contributed by atoms with E-state index in [1.165, 1.54) is 22.9 Å². The Labute approximate surface area is 165 Å². The Morgan fingerprint density at radius 3 is 2.76 bits per heavy atom. The second-order valence-corrected chi connectivity index (χ2v) is 6.61. The Morgan fingerprint density at radius 2 is 1.93 bits per heavy atom. The predicted molar refractivity (Wildman–Crippen MR) is 108 cm³/mol. The van der Waals surface area contributed by atoms with E-state index >= 15 is 0 Å². The van der Waals surface area contributed by atoms with E-state index in [9.17, 15) is 14.0 Å². The minimum absolute atomic E-state index is 0.147. The van der Waals surface area contributed by atoms with E-state index in [-0.39, 0.29) is 23.7 Å². The van der Waals surface area contributed by atoms with Gasteiger partial charge in [-0.25, -0.2) is 9.07 Å². The molecule has 2 aromatic heterocycles. The van der Waals surface area contributed by atoms with Gasteiger partial charge < -0.3 is 5.32 Å². The van der Waals surface area contributed by atoms with E-state index in [1.807, 2.05) is 18.2 Å². The highest BCUT2D eigenvalue weighted by Gasteiger charge is 2.07. The molecule has 146 valence electrons. The van der Waals surface area contributed by atoms with Gasteiger partial charge in [0.1, 0.15) is 5.82 Å². The number of anilines is 1.